The van der Waals surface area contributed by atoms with Gasteiger partial charge in [0.05, 0.1) is 13.1 Å². The Bertz CT molecular complexity index is 1850. The van der Waals surface area contributed by atoms with Crippen molar-refractivity contribution in [2.45, 2.75) is 108 Å². The van der Waals surface area contributed by atoms with Gasteiger partial charge in [0.25, 0.3) is 0 Å². The summed E-state index contributed by atoms with van der Waals surface area (Å²) in [5, 5.41) is 27.1. The lowest BCUT2D eigenvalue weighted by Crippen LogP contribution is -2.47. The van der Waals surface area contributed by atoms with E-state index in [1.807, 2.05) is 49.9 Å². The van der Waals surface area contributed by atoms with Gasteiger partial charge in [-0.05, 0) is 133 Å². The van der Waals surface area contributed by atoms with Crippen LogP contribution >= 0.6 is 0 Å². The number of anilines is 2. The van der Waals surface area contributed by atoms with Crippen LogP contribution in [0.15, 0.2) is 48.5 Å². The van der Waals surface area contributed by atoms with Gasteiger partial charge >= 0.3 is 24.1 Å². The number of esters is 1. The number of carboxylic acid groups (broad SMARTS) is 2. The molecular weight excluding hydrogens is 805 g/mol. The molecule has 4 saturated heterocycles. The van der Waals surface area contributed by atoms with Crippen LogP contribution in [0.2, 0.25) is 0 Å². The predicted octanol–water partition coefficient (Wildman–Crippen LogP) is 4.23. The number of piperidine rings is 4. The van der Waals surface area contributed by atoms with Gasteiger partial charge in [0.1, 0.15) is 17.7 Å². The summed E-state index contributed by atoms with van der Waals surface area (Å²) in [7, 11) is 0. The van der Waals surface area contributed by atoms with Gasteiger partial charge in [0.15, 0.2) is 0 Å². The first kappa shape index (κ1) is 48.1. The molecule has 334 valence electrons. The summed E-state index contributed by atoms with van der Waals surface area (Å²) in [4.78, 5) is 81.9. The second-order valence-corrected chi connectivity index (χ2v) is 16.4. The van der Waals surface area contributed by atoms with E-state index in [1.165, 1.54) is 11.1 Å². The highest BCUT2D eigenvalue weighted by Crippen LogP contribution is 2.30. The van der Waals surface area contributed by atoms with Gasteiger partial charge in [-0.3, -0.25) is 49.2 Å². The molecule has 4 aliphatic rings. The molecule has 0 spiro atoms. The number of ether oxygens (including phenoxy) is 1. The van der Waals surface area contributed by atoms with E-state index in [0.717, 1.165) is 63.2 Å². The highest BCUT2D eigenvalue weighted by atomic mass is 19.4. The maximum absolute atomic E-state index is 12.0. The molecule has 61 heavy (non-hydrogen) atoms. The molecule has 2 atom stereocenters. The monoisotopic (exact) mass is 860 g/mol. The number of amides is 4. The number of aliphatic carboxylic acids is 2. The minimum Gasteiger partial charge on any atom is -0.480 e. The summed E-state index contributed by atoms with van der Waals surface area (Å²) < 4.78 is 37.1. The van der Waals surface area contributed by atoms with Crippen LogP contribution in [-0.4, -0.2) is 125 Å². The van der Waals surface area contributed by atoms with E-state index in [0.29, 0.717) is 44.1 Å². The van der Waals surface area contributed by atoms with E-state index in [-0.39, 0.29) is 48.2 Å². The topological polar surface area (TPSA) is 224 Å². The van der Waals surface area contributed by atoms with Crippen LogP contribution in [0, 0.1) is 0 Å². The van der Waals surface area contributed by atoms with Crippen molar-refractivity contribution in [1.29, 1.82) is 0 Å². The molecule has 0 aliphatic carbocycles. The Morgan fingerprint density at radius 2 is 1.02 bits per heavy atom. The van der Waals surface area contributed by atoms with Gasteiger partial charge in [-0.1, -0.05) is 24.3 Å². The highest BCUT2D eigenvalue weighted by Gasteiger charge is 2.38. The maximum atomic E-state index is 12.0. The summed E-state index contributed by atoms with van der Waals surface area (Å²) in [6, 6.07) is 15.5. The molecule has 19 heteroatoms. The van der Waals surface area contributed by atoms with Crippen molar-refractivity contribution in [3.63, 3.8) is 0 Å². The lowest BCUT2D eigenvalue weighted by molar-refractivity contribution is -0.192. The quantitative estimate of drug-likeness (QED) is 0.145. The van der Waals surface area contributed by atoms with Gasteiger partial charge in [-0.2, -0.15) is 13.2 Å². The average Bonchev–Trinajstić information content (AvgIpc) is 3.17. The van der Waals surface area contributed by atoms with Crippen LogP contribution in [0.4, 0.5) is 24.5 Å². The molecule has 4 amide bonds. The minimum atomic E-state index is -5.08. The molecule has 6 N–H and O–H groups in total. The second kappa shape index (κ2) is 21.8. The Morgan fingerprint density at radius 3 is 1.33 bits per heavy atom. The zero-order valence-corrected chi connectivity index (χ0v) is 34.5. The summed E-state index contributed by atoms with van der Waals surface area (Å²) >= 11 is 0. The molecule has 0 saturated carbocycles. The number of imide groups is 2. The molecule has 4 fully saturated rings. The molecule has 6 rings (SSSR count). The Balaban J connectivity index is 0.000000234. The Morgan fingerprint density at radius 1 is 0.656 bits per heavy atom. The first-order chi connectivity index (χ1) is 28.6. The zero-order valence-electron chi connectivity index (χ0n) is 34.5. The average molecular weight is 861 g/mol. The summed E-state index contributed by atoms with van der Waals surface area (Å²) in [5.74, 6) is -3.75. The van der Waals surface area contributed by atoms with Crippen molar-refractivity contribution in [3.8, 4) is 0 Å². The molecule has 2 aromatic rings. The van der Waals surface area contributed by atoms with E-state index in [9.17, 15) is 41.9 Å². The summed E-state index contributed by atoms with van der Waals surface area (Å²) in [6.45, 7) is 9.46. The number of rotatable bonds is 10. The van der Waals surface area contributed by atoms with Crippen molar-refractivity contribution < 1.29 is 61.7 Å². The number of hydrogen-bond donors (Lipinski definition) is 6. The first-order valence-corrected chi connectivity index (χ1v) is 20.2. The fourth-order valence-corrected chi connectivity index (χ4v) is 7.36. The molecule has 0 bridgehead atoms. The third kappa shape index (κ3) is 16.4. The lowest BCUT2D eigenvalue weighted by atomic mass is 9.89. The number of benzene rings is 2. The van der Waals surface area contributed by atoms with E-state index < -0.39 is 23.7 Å². The highest BCUT2D eigenvalue weighted by molar-refractivity contribution is 6.02. The van der Waals surface area contributed by atoms with Crippen LogP contribution < -0.4 is 21.3 Å². The summed E-state index contributed by atoms with van der Waals surface area (Å²) in [6.07, 6.45) is 0.572. The number of halogens is 3. The van der Waals surface area contributed by atoms with Crippen molar-refractivity contribution in [3.05, 3.63) is 59.7 Å². The van der Waals surface area contributed by atoms with Crippen LogP contribution in [0.1, 0.15) is 95.1 Å². The molecule has 0 aromatic heterocycles. The predicted molar refractivity (Wildman–Crippen MR) is 216 cm³/mol. The maximum Gasteiger partial charge on any atom is 0.490 e. The first-order valence-electron chi connectivity index (χ1n) is 20.2. The number of carbonyl (C=O) groups excluding carboxylic acids is 5. The summed E-state index contributed by atoms with van der Waals surface area (Å²) in [5.41, 5.74) is 3.81. The van der Waals surface area contributed by atoms with Crippen LogP contribution in [0.25, 0.3) is 0 Å². The number of carboxylic acids is 2. The van der Waals surface area contributed by atoms with Crippen molar-refractivity contribution >= 4 is 52.9 Å². The van der Waals surface area contributed by atoms with Gasteiger partial charge in [0, 0.05) is 24.2 Å². The van der Waals surface area contributed by atoms with Crippen molar-refractivity contribution in [2.24, 2.45) is 0 Å². The molecule has 0 unspecified atom stereocenters. The van der Waals surface area contributed by atoms with Gasteiger partial charge in [-0.25, -0.2) is 4.79 Å². The van der Waals surface area contributed by atoms with E-state index in [1.54, 1.807) is 0 Å². The van der Waals surface area contributed by atoms with Gasteiger partial charge < -0.3 is 25.6 Å². The number of hydrogen-bond acceptors (Lipinski definition) is 12. The lowest BCUT2D eigenvalue weighted by Gasteiger charge is -2.32. The van der Waals surface area contributed by atoms with E-state index in [4.69, 9.17) is 19.7 Å². The number of alkyl halides is 3. The normalized spacial score (nSPS) is 20.8. The smallest absolute Gasteiger partial charge is 0.480 e. The number of carbonyl (C=O) groups is 7. The molecule has 4 heterocycles. The third-order valence-electron chi connectivity index (χ3n) is 10.5. The van der Waals surface area contributed by atoms with E-state index in [2.05, 4.69) is 50.4 Å². The van der Waals surface area contributed by atoms with Crippen molar-refractivity contribution in [1.82, 2.24) is 20.4 Å². The van der Waals surface area contributed by atoms with Crippen LogP contribution in [0.3, 0.4) is 0 Å². The zero-order chi connectivity index (χ0) is 44.9. The van der Waals surface area contributed by atoms with Crippen molar-refractivity contribution in [2.75, 3.05) is 49.9 Å². The molecule has 16 nitrogen and oxygen atoms in total. The molecule has 0 radical (unpaired) electrons. The largest absolute Gasteiger partial charge is 0.490 e. The number of nitrogens with one attached hydrogen (secondary N) is 4. The van der Waals surface area contributed by atoms with Gasteiger partial charge in [-0.15, -0.1) is 0 Å². The SMILES string of the molecule is CC(C)(C)OC(=O)CN1CCC(c2ccc(N[C@H]3CCC(=O)NC3=O)cc2)CC1.O=C(O)C(F)(F)F.O=C(O)CN1CCC(c2ccc(N[C@H]3CCC(=O)NC3=O)cc2)CC1. The molecular formula is C42H55F3N6O10. The molecule has 4 aliphatic heterocycles. The van der Waals surface area contributed by atoms with E-state index >= 15 is 0 Å². The third-order valence-corrected chi connectivity index (χ3v) is 10.5. The molecule has 2 aromatic carbocycles. The Hall–Kier alpha value is -5.56. The van der Waals surface area contributed by atoms with Crippen LogP contribution in [0.5, 0.6) is 0 Å². The standard InChI is InChI=1S/C22H31N3O4.C18H23N3O4.C2HF3O2/c1-22(2,3)29-20(27)14-25-12-10-16(11-13-25)15-4-6-17(7-5-15)23-18-8-9-19(26)24-21(18)28;22-16-6-5-15(18(25)20-16)19-14-3-1-12(2-4-14)13-7-9-21(10-8-13)11-17(23)24;3-2(4,5)1(6)7/h4-7,16,18,23H,8-14H2,1-3H3,(H,24,26,28);1-4,13,15,19H,5-11H2,(H,23,24)(H,20,22,25);(H,6,7)/t18-;15-;/m00./s1. The Labute approximate surface area is 351 Å². The van der Waals surface area contributed by atoms with Crippen LogP contribution in [-0.2, 0) is 38.3 Å². The fourth-order valence-electron chi connectivity index (χ4n) is 7.36. The minimum absolute atomic E-state index is 0.113. The van der Waals surface area contributed by atoms with Gasteiger partial charge in [0.2, 0.25) is 23.6 Å². The number of nitrogens with zero attached hydrogens (tertiary/aromatic N) is 2. The Kier molecular flexibility index (Phi) is 17.2. The second-order valence-electron chi connectivity index (χ2n) is 16.4. The fraction of sp³-hybridized carbons (Fsp3) is 0.548. The number of likely N-dealkylation sites (tertiary alicyclic amines) is 2.